The molecule has 4 nitrogen and oxygen atoms in total. The highest BCUT2D eigenvalue weighted by molar-refractivity contribution is 7.99. The molecule has 1 unspecified atom stereocenters. The third kappa shape index (κ3) is 2.50. The van der Waals surface area contributed by atoms with Crippen molar-refractivity contribution in [1.29, 1.82) is 0 Å². The standard InChI is InChI=1S/C13H16N2O2S2/c1-7-14-12(18-6-8(17)5-16)11-9-3-2-4-10(9)19-13(11)15-7/h8,16-17H,2-6H2,1H3. The number of rotatable bonds is 4. The molecule has 2 aromatic rings. The van der Waals surface area contributed by atoms with Crippen molar-refractivity contribution in [1.82, 2.24) is 9.97 Å². The zero-order valence-corrected chi connectivity index (χ0v) is 12.4. The highest BCUT2D eigenvalue weighted by Crippen LogP contribution is 2.40. The van der Waals surface area contributed by atoms with Gasteiger partial charge in [0.25, 0.3) is 0 Å². The van der Waals surface area contributed by atoms with Gasteiger partial charge in [-0.3, -0.25) is 0 Å². The van der Waals surface area contributed by atoms with Crippen molar-refractivity contribution in [2.24, 2.45) is 0 Å². The highest BCUT2D eigenvalue weighted by Gasteiger charge is 2.22. The molecule has 3 rings (SSSR count). The fraction of sp³-hybridized carbons (Fsp3) is 0.538. The van der Waals surface area contributed by atoms with Crippen molar-refractivity contribution < 1.29 is 10.2 Å². The van der Waals surface area contributed by atoms with E-state index < -0.39 is 6.10 Å². The normalized spacial score (nSPS) is 15.9. The number of aliphatic hydroxyl groups excluding tert-OH is 2. The Balaban J connectivity index is 2.01. The molecule has 0 bridgehead atoms. The lowest BCUT2D eigenvalue weighted by atomic mass is 10.2. The number of aryl methyl sites for hydroxylation is 3. The summed E-state index contributed by atoms with van der Waals surface area (Å²) in [6.45, 7) is 1.69. The molecule has 0 aromatic carbocycles. The minimum atomic E-state index is -0.693. The number of thioether (sulfide) groups is 1. The first-order valence-corrected chi connectivity index (χ1v) is 8.20. The molecule has 0 aliphatic heterocycles. The maximum absolute atomic E-state index is 9.49. The predicted molar refractivity (Wildman–Crippen MR) is 78.0 cm³/mol. The van der Waals surface area contributed by atoms with Gasteiger partial charge in [0, 0.05) is 16.0 Å². The molecule has 102 valence electrons. The van der Waals surface area contributed by atoms with Crippen LogP contribution in [0, 0.1) is 6.92 Å². The van der Waals surface area contributed by atoms with Crippen LogP contribution in [0.5, 0.6) is 0 Å². The van der Waals surface area contributed by atoms with E-state index in [2.05, 4.69) is 9.97 Å². The molecule has 0 radical (unpaired) electrons. The molecule has 0 amide bonds. The molecule has 2 aromatic heterocycles. The van der Waals surface area contributed by atoms with E-state index in [4.69, 9.17) is 5.11 Å². The maximum atomic E-state index is 9.49. The summed E-state index contributed by atoms with van der Waals surface area (Å²) in [5.74, 6) is 1.24. The zero-order chi connectivity index (χ0) is 13.4. The molecule has 0 spiro atoms. The van der Waals surface area contributed by atoms with Crippen molar-refractivity contribution >= 4 is 33.3 Å². The SMILES string of the molecule is Cc1nc(SCC(O)CO)c2c3c(sc2n1)CCC3. The Morgan fingerprint density at radius 2 is 2.21 bits per heavy atom. The quantitative estimate of drug-likeness (QED) is 0.666. The van der Waals surface area contributed by atoms with Gasteiger partial charge in [-0.25, -0.2) is 9.97 Å². The fourth-order valence-electron chi connectivity index (χ4n) is 2.40. The van der Waals surface area contributed by atoms with Gasteiger partial charge < -0.3 is 10.2 Å². The molecule has 0 saturated heterocycles. The molecule has 6 heteroatoms. The molecule has 1 aliphatic carbocycles. The Hall–Kier alpha value is -0.690. The van der Waals surface area contributed by atoms with Gasteiger partial charge in [0.1, 0.15) is 15.7 Å². The van der Waals surface area contributed by atoms with Gasteiger partial charge in [0.05, 0.1) is 12.7 Å². The predicted octanol–water partition coefficient (Wildman–Crippen LogP) is 1.93. The van der Waals surface area contributed by atoms with Crippen molar-refractivity contribution in [3.05, 3.63) is 16.3 Å². The van der Waals surface area contributed by atoms with E-state index in [1.54, 1.807) is 11.3 Å². The van der Waals surface area contributed by atoms with Crippen LogP contribution >= 0.6 is 23.1 Å². The minimum absolute atomic E-state index is 0.206. The summed E-state index contributed by atoms with van der Waals surface area (Å²) in [5.41, 5.74) is 1.40. The van der Waals surface area contributed by atoms with Crippen LogP contribution in [0.25, 0.3) is 10.2 Å². The van der Waals surface area contributed by atoms with Crippen molar-refractivity contribution in [3.63, 3.8) is 0 Å². The lowest BCUT2D eigenvalue weighted by molar-refractivity contribution is 0.113. The van der Waals surface area contributed by atoms with Crippen LogP contribution in [-0.4, -0.2) is 38.6 Å². The summed E-state index contributed by atoms with van der Waals surface area (Å²) in [6.07, 6.45) is 2.78. The van der Waals surface area contributed by atoms with Gasteiger partial charge in [-0.15, -0.1) is 23.1 Å². The number of thiophene rings is 1. The first kappa shape index (κ1) is 13.3. The monoisotopic (exact) mass is 296 g/mol. The van der Waals surface area contributed by atoms with Crippen LogP contribution in [0.4, 0.5) is 0 Å². The largest absolute Gasteiger partial charge is 0.394 e. The Labute approximate surface area is 119 Å². The number of aromatic nitrogens is 2. The van der Waals surface area contributed by atoms with Crippen LogP contribution in [-0.2, 0) is 12.8 Å². The molecule has 1 aliphatic rings. The Morgan fingerprint density at radius 1 is 1.37 bits per heavy atom. The van der Waals surface area contributed by atoms with E-state index in [1.807, 2.05) is 6.92 Å². The fourth-order valence-corrected chi connectivity index (χ4v) is 4.78. The molecule has 19 heavy (non-hydrogen) atoms. The van der Waals surface area contributed by atoms with Crippen LogP contribution in [0.15, 0.2) is 5.03 Å². The van der Waals surface area contributed by atoms with Crippen LogP contribution in [0.3, 0.4) is 0 Å². The number of hydrogen-bond acceptors (Lipinski definition) is 6. The first-order chi connectivity index (χ1) is 9.19. The Morgan fingerprint density at radius 3 is 3.00 bits per heavy atom. The molecular weight excluding hydrogens is 280 g/mol. The average molecular weight is 296 g/mol. The van der Waals surface area contributed by atoms with Crippen LogP contribution in [0.1, 0.15) is 22.7 Å². The van der Waals surface area contributed by atoms with E-state index in [1.165, 1.54) is 34.0 Å². The van der Waals surface area contributed by atoms with Crippen molar-refractivity contribution in [2.45, 2.75) is 37.3 Å². The minimum Gasteiger partial charge on any atom is -0.394 e. The van der Waals surface area contributed by atoms with Crippen molar-refractivity contribution in [2.75, 3.05) is 12.4 Å². The van der Waals surface area contributed by atoms with Crippen LogP contribution in [0.2, 0.25) is 0 Å². The number of nitrogens with zero attached hydrogens (tertiary/aromatic N) is 2. The van der Waals surface area contributed by atoms with Gasteiger partial charge in [0.2, 0.25) is 0 Å². The second-order valence-corrected chi connectivity index (χ2v) is 6.85. The van der Waals surface area contributed by atoms with E-state index in [0.29, 0.717) is 5.75 Å². The number of aliphatic hydroxyl groups is 2. The summed E-state index contributed by atoms with van der Waals surface area (Å²) < 4.78 is 0. The van der Waals surface area contributed by atoms with Gasteiger partial charge in [-0.05, 0) is 31.7 Å². The van der Waals surface area contributed by atoms with Gasteiger partial charge >= 0.3 is 0 Å². The third-order valence-electron chi connectivity index (χ3n) is 3.27. The summed E-state index contributed by atoms with van der Waals surface area (Å²) >= 11 is 3.29. The molecule has 0 fully saturated rings. The summed E-state index contributed by atoms with van der Waals surface area (Å²) in [6, 6.07) is 0. The molecule has 2 N–H and O–H groups in total. The second kappa shape index (κ2) is 5.36. The van der Waals surface area contributed by atoms with E-state index >= 15 is 0 Å². The van der Waals surface area contributed by atoms with E-state index in [-0.39, 0.29) is 6.61 Å². The summed E-state index contributed by atoms with van der Waals surface area (Å²) in [4.78, 5) is 11.6. The molecular formula is C13H16N2O2S2. The maximum Gasteiger partial charge on any atom is 0.128 e. The van der Waals surface area contributed by atoms with Crippen molar-refractivity contribution in [3.8, 4) is 0 Å². The molecule has 2 heterocycles. The van der Waals surface area contributed by atoms with Gasteiger partial charge in [-0.2, -0.15) is 0 Å². The topological polar surface area (TPSA) is 66.2 Å². The highest BCUT2D eigenvalue weighted by atomic mass is 32.2. The Bertz CT molecular complexity index is 612. The second-order valence-electron chi connectivity index (χ2n) is 4.76. The first-order valence-electron chi connectivity index (χ1n) is 6.39. The lowest BCUT2D eigenvalue weighted by Crippen LogP contribution is -2.14. The number of fused-ring (bicyclic) bond motifs is 3. The van der Waals surface area contributed by atoms with Crippen LogP contribution < -0.4 is 0 Å². The summed E-state index contributed by atoms with van der Waals surface area (Å²) in [5, 5.41) is 20.5. The smallest absolute Gasteiger partial charge is 0.128 e. The third-order valence-corrected chi connectivity index (χ3v) is 5.57. The van der Waals surface area contributed by atoms with E-state index in [9.17, 15) is 5.11 Å². The van der Waals surface area contributed by atoms with Gasteiger partial charge in [0.15, 0.2) is 0 Å². The summed E-state index contributed by atoms with van der Waals surface area (Å²) in [7, 11) is 0. The number of hydrogen-bond donors (Lipinski definition) is 2. The molecule has 0 saturated carbocycles. The Kier molecular flexibility index (Phi) is 3.75. The molecule has 1 atom stereocenters. The zero-order valence-electron chi connectivity index (χ0n) is 10.7. The lowest BCUT2D eigenvalue weighted by Gasteiger charge is -2.08. The average Bonchev–Trinajstić information content (AvgIpc) is 2.94. The van der Waals surface area contributed by atoms with Gasteiger partial charge in [-0.1, -0.05) is 0 Å². The van der Waals surface area contributed by atoms with E-state index in [0.717, 1.165) is 28.5 Å².